The fourth-order valence-corrected chi connectivity index (χ4v) is 2.61. The van der Waals surface area contributed by atoms with E-state index in [1.165, 1.54) is 23.4 Å². The summed E-state index contributed by atoms with van der Waals surface area (Å²) >= 11 is 1.73. The molecule has 1 unspecified atom stereocenters. The first-order valence-corrected chi connectivity index (χ1v) is 5.82. The molecule has 0 aromatic carbocycles. The van der Waals surface area contributed by atoms with Crippen molar-refractivity contribution in [2.24, 2.45) is 16.6 Å². The number of hydrogen-bond donors (Lipinski definition) is 1. The average Bonchev–Trinajstić information content (AvgIpc) is 2.18. The Morgan fingerprint density at radius 3 is 3.00 bits per heavy atom. The summed E-state index contributed by atoms with van der Waals surface area (Å²) in [5.41, 5.74) is 6.71. The van der Waals surface area contributed by atoms with E-state index >= 15 is 0 Å². The van der Waals surface area contributed by atoms with Gasteiger partial charge in [-0.25, -0.2) is 0 Å². The van der Waals surface area contributed by atoms with Gasteiger partial charge in [-0.3, -0.25) is 4.99 Å². The highest BCUT2D eigenvalue weighted by Gasteiger charge is 2.18. The zero-order valence-electron chi connectivity index (χ0n) is 8.25. The van der Waals surface area contributed by atoms with Gasteiger partial charge in [0.2, 0.25) is 0 Å². The van der Waals surface area contributed by atoms with Crippen molar-refractivity contribution in [1.29, 1.82) is 0 Å². The van der Waals surface area contributed by atoms with Crippen molar-refractivity contribution in [2.45, 2.75) is 32.6 Å². The number of aliphatic imine (C=N–C) groups is 1. The van der Waals surface area contributed by atoms with E-state index < -0.39 is 0 Å². The summed E-state index contributed by atoms with van der Waals surface area (Å²) < 4.78 is 0. The van der Waals surface area contributed by atoms with Crippen LogP contribution in [0.4, 0.5) is 0 Å². The number of hydrogen-bond acceptors (Lipinski definition) is 3. The largest absolute Gasteiger partial charge is 0.322 e. The van der Waals surface area contributed by atoms with E-state index in [-0.39, 0.29) is 0 Å². The number of thioether (sulfide) groups is 1. The second-order valence-electron chi connectivity index (χ2n) is 3.36. The first-order chi connectivity index (χ1) is 6.31. The van der Waals surface area contributed by atoms with Gasteiger partial charge in [0.15, 0.2) is 0 Å². The van der Waals surface area contributed by atoms with Crippen molar-refractivity contribution in [3.8, 4) is 0 Å². The zero-order chi connectivity index (χ0) is 9.68. The molecule has 0 saturated carbocycles. The Labute approximate surface area is 84.7 Å². The Bertz CT molecular complexity index is 211. The average molecular weight is 198 g/mol. The van der Waals surface area contributed by atoms with Crippen molar-refractivity contribution in [1.82, 2.24) is 0 Å². The first kappa shape index (κ1) is 10.8. The monoisotopic (exact) mass is 198 g/mol. The number of nitrogens with two attached hydrogens (primary N) is 1. The van der Waals surface area contributed by atoms with Crippen LogP contribution in [-0.2, 0) is 0 Å². The van der Waals surface area contributed by atoms with Gasteiger partial charge in [-0.1, -0.05) is 13.3 Å². The standard InChI is InChI=1S/C10H18N2S/c1-3-8-4-5-9(12-2)10(6-8)13-7-11/h8H,2-7,11H2,1H3. The normalized spacial score (nSPS) is 23.4. The highest BCUT2D eigenvalue weighted by Crippen LogP contribution is 2.37. The molecular weight excluding hydrogens is 180 g/mol. The summed E-state index contributed by atoms with van der Waals surface area (Å²) in [6.45, 7) is 5.86. The SMILES string of the molecule is C=NC1=C(SCN)CC(CC)CC1. The minimum atomic E-state index is 0.658. The maximum absolute atomic E-state index is 5.53. The third-order valence-electron chi connectivity index (χ3n) is 2.61. The summed E-state index contributed by atoms with van der Waals surface area (Å²) in [6.07, 6.45) is 4.77. The van der Waals surface area contributed by atoms with Gasteiger partial charge in [-0.2, -0.15) is 0 Å². The predicted octanol–water partition coefficient (Wildman–Crippen LogP) is 2.76. The topological polar surface area (TPSA) is 38.4 Å². The van der Waals surface area contributed by atoms with Gasteiger partial charge in [0.1, 0.15) is 0 Å². The molecule has 0 aromatic rings. The molecule has 3 heteroatoms. The van der Waals surface area contributed by atoms with Gasteiger partial charge in [-0.15, -0.1) is 11.8 Å². The third-order valence-corrected chi connectivity index (χ3v) is 3.53. The maximum Gasteiger partial charge on any atom is 0.0491 e. The molecule has 74 valence electrons. The Morgan fingerprint density at radius 1 is 1.69 bits per heavy atom. The molecule has 1 aliphatic rings. The van der Waals surface area contributed by atoms with Crippen LogP contribution in [0.2, 0.25) is 0 Å². The molecule has 0 aromatic heterocycles. The smallest absolute Gasteiger partial charge is 0.0491 e. The molecular formula is C10H18N2S. The predicted molar refractivity (Wildman–Crippen MR) is 60.9 cm³/mol. The van der Waals surface area contributed by atoms with Crippen LogP contribution < -0.4 is 5.73 Å². The Kier molecular flexibility index (Phi) is 4.53. The first-order valence-electron chi connectivity index (χ1n) is 4.83. The van der Waals surface area contributed by atoms with Gasteiger partial charge < -0.3 is 5.73 Å². The van der Waals surface area contributed by atoms with Crippen LogP contribution in [-0.4, -0.2) is 12.6 Å². The van der Waals surface area contributed by atoms with Crippen LogP contribution >= 0.6 is 11.8 Å². The van der Waals surface area contributed by atoms with Crippen LogP contribution in [0.3, 0.4) is 0 Å². The van der Waals surface area contributed by atoms with E-state index in [0.29, 0.717) is 5.88 Å². The lowest BCUT2D eigenvalue weighted by atomic mass is 9.90. The van der Waals surface area contributed by atoms with Gasteiger partial charge in [-0.05, 0) is 31.9 Å². The molecule has 2 N–H and O–H groups in total. The van der Waals surface area contributed by atoms with Crippen molar-refractivity contribution in [2.75, 3.05) is 5.88 Å². The van der Waals surface area contributed by atoms with Crippen LogP contribution in [0.5, 0.6) is 0 Å². The molecule has 0 amide bonds. The highest BCUT2D eigenvalue weighted by molar-refractivity contribution is 8.03. The molecule has 0 radical (unpaired) electrons. The molecule has 0 fully saturated rings. The Morgan fingerprint density at radius 2 is 2.46 bits per heavy atom. The maximum atomic E-state index is 5.53. The summed E-state index contributed by atoms with van der Waals surface area (Å²) in [6, 6.07) is 0. The molecule has 0 spiro atoms. The highest BCUT2D eigenvalue weighted by atomic mass is 32.2. The molecule has 0 aliphatic heterocycles. The van der Waals surface area contributed by atoms with Gasteiger partial charge in [0.25, 0.3) is 0 Å². The summed E-state index contributed by atoms with van der Waals surface area (Å²) in [5.74, 6) is 1.49. The molecule has 0 saturated heterocycles. The quantitative estimate of drug-likeness (QED) is 0.557. The van der Waals surface area contributed by atoms with Gasteiger partial charge in [0, 0.05) is 16.5 Å². The van der Waals surface area contributed by atoms with Crippen LogP contribution in [0.15, 0.2) is 15.6 Å². The minimum Gasteiger partial charge on any atom is -0.322 e. The Hall–Kier alpha value is -0.280. The van der Waals surface area contributed by atoms with E-state index in [1.54, 1.807) is 11.8 Å². The second kappa shape index (κ2) is 5.45. The van der Waals surface area contributed by atoms with E-state index in [2.05, 4.69) is 18.6 Å². The summed E-state index contributed by atoms with van der Waals surface area (Å²) in [5, 5.41) is 0. The summed E-state index contributed by atoms with van der Waals surface area (Å²) in [4.78, 5) is 5.44. The lowest BCUT2D eigenvalue weighted by Crippen LogP contribution is -2.09. The Balaban J connectivity index is 2.67. The summed E-state index contributed by atoms with van der Waals surface area (Å²) in [7, 11) is 0. The minimum absolute atomic E-state index is 0.658. The molecule has 1 aliphatic carbocycles. The van der Waals surface area contributed by atoms with Crippen molar-refractivity contribution in [3.63, 3.8) is 0 Å². The number of allylic oxidation sites excluding steroid dienone is 2. The van der Waals surface area contributed by atoms with Crippen molar-refractivity contribution in [3.05, 3.63) is 10.6 Å². The lowest BCUT2D eigenvalue weighted by Gasteiger charge is -2.23. The lowest BCUT2D eigenvalue weighted by molar-refractivity contribution is 0.451. The van der Waals surface area contributed by atoms with Crippen molar-refractivity contribution >= 4 is 18.5 Å². The molecule has 0 bridgehead atoms. The zero-order valence-corrected chi connectivity index (χ0v) is 9.07. The van der Waals surface area contributed by atoms with E-state index in [1.807, 2.05) is 0 Å². The third kappa shape index (κ3) is 2.85. The van der Waals surface area contributed by atoms with Crippen LogP contribution in [0, 0.1) is 5.92 Å². The van der Waals surface area contributed by atoms with E-state index in [0.717, 1.165) is 18.8 Å². The van der Waals surface area contributed by atoms with E-state index in [4.69, 9.17) is 5.73 Å². The fourth-order valence-electron chi connectivity index (χ4n) is 1.72. The molecule has 1 atom stereocenters. The molecule has 1 rings (SSSR count). The molecule has 13 heavy (non-hydrogen) atoms. The van der Waals surface area contributed by atoms with E-state index in [9.17, 15) is 0 Å². The second-order valence-corrected chi connectivity index (χ2v) is 4.47. The van der Waals surface area contributed by atoms with Crippen LogP contribution in [0.25, 0.3) is 0 Å². The molecule has 2 nitrogen and oxygen atoms in total. The molecule has 0 heterocycles. The van der Waals surface area contributed by atoms with Gasteiger partial charge >= 0.3 is 0 Å². The number of nitrogens with zero attached hydrogens (tertiary/aromatic N) is 1. The van der Waals surface area contributed by atoms with Crippen LogP contribution in [0.1, 0.15) is 32.6 Å². The van der Waals surface area contributed by atoms with Crippen molar-refractivity contribution < 1.29 is 0 Å². The van der Waals surface area contributed by atoms with Gasteiger partial charge in [0.05, 0.1) is 0 Å². The number of rotatable bonds is 4. The fraction of sp³-hybridized carbons (Fsp3) is 0.700.